The van der Waals surface area contributed by atoms with Crippen LogP contribution in [0.1, 0.15) is 11.3 Å². The van der Waals surface area contributed by atoms with Crippen LogP contribution in [0.4, 0.5) is 5.69 Å². The average Bonchev–Trinajstić information content (AvgIpc) is 2.46. The van der Waals surface area contributed by atoms with Gasteiger partial charge in [-0.05, 0) is 18.2 Å². The van der Waals surface area contributed by atoms with Crippen molar-refractivity contribution in [3.8, 4) is 11.8 Å². The number of ether oxygens (including phenoxy) is 1. The first-order valence-corrected chi connectivity index (χ1v) is 6.04. The normalized spacial score (nSPS) is 9.74. The Kier molecular flexibility index (Phi) is 4.22. The second-order valence-electron chi connectivity index (χ2n) is 3.83. The summed E-state index contributed by atoms with van der Waals surface area (Å²) < 4.78 is 5.15. The topological polar surface area (TPSA) is 57.9 Å². The van der Waals surface area contributed by atoms with E-state index in [0.29, 0.717) is 23.0 Å². The molecule has 0 aliphatic heterocycles. The lowest BCUT2D eigenvalue weighted by Crippen LogP contribution is -2.03. The fraction of sp³-hybridized carbons (Fsp3) is 0.143. The van der Waals surface area contributed by atoms with Crippen molar-refractivity contribution in [2.75, 3.05) is 12.4 Å². The molecule has 0 aliphatic rings. The van der Waals surface area contributed by atoms with E-state index in [9.17, 15) is 0 Å². The number of halogens is 1. The Labute approximate surface area is 116 Å². The number of anilines is 1. The van der Waals surface area contributed by atoms with Gasteiger partial charge in [0.15, 0.2) is 0 Å². The Bertz CT molecular complexity index is 622. The number of methoxy groups -OCH3 is 1. The Morgan fingerprint density at radius 2 is 2.26 bits per heavy atom. The molecule has 0 fully saturated rings. The average molecular weight is 274 g/mol. The van der Waals surface area contributed by atoms with E-state index in [1.54, 1.807) is 25.4 Å². The summed E-state index contributed by atoms with van der Waals surface area (Å²) in [5, 5.41) is 12.7. The van der Waals surface area contributed by atoms with Gasteiger partial charge < -0.3 is 10.1 Å². The molecular formula is C14H12ClN3O. The number of hydrogen-bond acceptors (Lipinski definition) is 4. The molecule has 2 rings (SSSR count). The van der Waals surface area contributed by atoms with Gasteiger partial charge in [-0.15, -0.1) is 0 Å². The van der Waals surface area contributed by atoms with Crippen LogP contribution in [-0.4, -0.2) is 12.1 Å². The van der Waals surface area contributed by atoms with Gasteiger partial charge in [0.1, 0.15) is 17.5 Å². The molecule has 1 aromatic carbocycles. The van der Waals surface area contributed by atoms with E-state index in [4.69, 9.17) is 21.6 Å². The maximum absolute atomic E-state index is 8.96. The number of benzene rings is 1. The van der Waals surface area contributed by atoms with Crippen LogP contribution in [0, 0.1) is 11.3 Å². The van der Waals surface area contributed by atoms with Crippen LogP contribution in [0.15, 0.2) is 36.5 Å². The number of rotatable bonds is 4. The van der Waals surface area contributed by atoms with Gasteiger partial charge >= 0.3 is 0 Å². The van der Waals surface area contributed by atoms with Crippen molar-refractivity contribution >= 4 is 17.3 Å². The lowest BCUT2D eigenvalue weighted by atomic mass is 10.2. The van der Waals surface area contributed by atoms with E-state index in [1.165, 1.54) is 0 Å². The molecule has 0 amide bonds. The van der Waals surface area contributed by atoms with Gasteiger partial charge in [0.25, 0.3) is 0 Å². The van der Waals surface area contributed by atoms with Gasteiger partial charge in [0, 0.05) is 30.1 Å². The van der Waals surface area contributed by atoms with Crippen LogP contribution in [0.5, 0.6) is 5.75 Å². The van der Waals surface area contributed by atoms with Crippen molar-refractivity contribution in [1.82, 2.24) is 4.98 Å². The highest BCUT2D eigenvalue weighted by atomic mass is 35.5. The first kappa shape index (κ1) is 13.2. The summed E-state index contributed by atoms with van der Waals surface area (Å²) in [5.74, 6) is 0.610. The molecule has 96 valence electrons. The Morgan fingerprint density at radius 3 is 3.00 bits per heavy atom. The third kappa shape index (κ3) is 3.15. The maximum atomic E-state index is 8.96. The molecule has 19 heavy (non-hydrogen) atoms. The first-order valence-electron chi connectivity index (χ1n) is 5.66. The Hall–Kier alpha value is -2.25. The summed E-state index contributed by atoms with van der Waals surface area (Å²) in [5.41, 5.74) is 2.14. The minimum Gasteiger partial charge on any atom is -0.495 e. The molecule has 0 saturated heterocycles. The van der Waals surface area contributed by atoms with Crippen LogP contribution in [0.3, 0.4) is 0 Å². The zero-order valence-corrected chi connectivity index (χ0v) is 11.1. The minimum absolute atomic E-state index is 0.427. The van der Waals surface area contributed by atoms with E-state index >= 15 is 0 Å². The van der Waals surface area contributed by atoms with E-state index in [1.807, 2.05) is 18.2 Å². The number of nitrogens with zero attached hydrogens (tertiary/aromatic N) is 2. The van der Waals surface area contributed by atoms with Gasteiger partial charge in [-0.1, -0.05) is 17.7 Å². The van der Waals surface area contributed by atoms with Crippen LogP contribution in [-0.2, 0) is 6.54 Å². The van der Waals surface area contributed by atoms with Gasteiger partial charge in [0.2, 0.25) is 0 Å². The summed E-state index contributed by atoms with van der Waals surface area (Å²) >= 11 is 5.96. The highest BCUT2D eigenvalue weighted by molar-refractivity contribution is 6.32. The van der Waals surface area contributed by atoms with Gasteiger partial charge in [-0.3, -0.25) is 0 Å². The van der Waals surface area contributed by atoms with Crippen LogP contribution in [0.2, 0.25) is 5.02 Å². The van der Waals surface area contributed by atoms with Gasteiger partial charge in [-0.25, -0.2) is 4.98 Å². The van der Waals surface area contributed by atoms with Crippen molar-refractivity contribution in [3.63, 3.8) is 0 Å². The molecule has 0 saturated carbocycles. The third-order valence-electron chi connectivity index (χ3n) is 2.63. The van der Waals surface area contributed by atoms with Crippen molar-refractivity contribution in [3.05, 3.63) is 52.8 Å². The van der Waals surface area contributed by atoms with E-state index < -0.39 is 0 Å². The van der Waals surface area contributed by atoms with Crippen LogP contribution >= 0.6 is 11.6 Å². The van der Waals surface area contributed by atoms with Crippen LogP contribution < -0.4 is 10.1 Å². The molecule has 0 bridgehead atoms. The summed E-state index contributed by atoms with van der Waals surface area (Å²) in [6, 6.07) is 11.2. The first-order chi connectivity index (χ1) is 9.24. The molecule has 1 heterocycles. The molecule has 5 heteroatoms. The summed E-state index contributed by atoms with van der Waals surface area (Å²) in [6.45, 7) is 0.515. The predicted octanol–water partition coefficient (Wildman–Crippen LogP) is 3.23. The SMILES string of the molecule is COc1cc(NCc2cccnc2C#N)ccc1Cl. The number of nitriles is 1. The number of pyridine rings is 1. The Morgan fingerprint density at radius 1 is 1.42 bits per heavy atom. The van der Waals surface area contributed by atoms with E-state index in [-0.39, 0.29) is 0 Å². The predicted molar refractivity (Wildman–Crippen MR) is 74.3 cm³/mol. The largest absolute Gasteiger partial charge is 0.495 e. The second kappa shape index (κ2) is 6.07. The highest BCUT2D eigenvalue weighted by Gasteiger charge is 2.04. The molecule has 4 nitrogen and oxygen atoms in total. The van der Waals surface area contributed by atoms with Crippen molar-refractivity contribution in [1.29, 1.82) is 5.26 Å². The number of nitrogens with one attached hydrogen (secondary N) is 1. The fourth-order valence-electron chi connectivity index (χ4n) is 1.65. The summed E-state index contributed by atoms with van der Waals surface area (Å²) in [7, 11) is 1.57. The van der Waals surface area contributed by atoms with E-state index in [2.05, 4.69) is 16.4 Å². The molecule has 2 aromatic rings. The molecule has 0 unspecified atom stereocenters. The zero-order chi connectivity index (χ0) is 13.7. The van der Waals surface area contributed by atoms with Gasteiger partial charge in [-0.2, -0.15) is 5.26 Å². The zero-order valence-electron chi connectivity index (χ0n) is 10.4. The number of hydrogen-bond donors (Lipinski definition) is 1. The van der Waals surface area contributed by atoms with Gasteiger partial charge in [0.05, 0.1) is 12.1 Å². The molecule has 1 aromatic heterocycles. The summed E-state index contributed by atoms with van der Waals surface area (Å²) in [6.07, 6.45) is 1.60. The molecular weight excluding hydrogens is 262 g/mol. The lowest BCUT2D eigenvalue weighted by Gasteiger charge is -2.09. The highest BCUT2D eigenvalue weighted by Crippen LogP contribution is 2.27. The smallest absolute Gasteiger partial charge is 0.145 e. The summed E-state index contributed by atoms with van der Waals surface area (Å²) in [4.78, 5) is 4.01. The maximum Gasteiger partial charge on any atom is 0.145 e. The van der Waals surface area contributed by atoms with Crippen molar-refractivity contribution in [2.45, 2.75) is 6.54 Å². The quantitative estimate of drug-likeness (QED) is 0.929. The Balaban J connectivity index is 2.13. The fourth-order valence-corrected chi connectivity index (χ4v) is 1.84. The standard InChI is InChI=1S/C14H12ClN3O/c1-19-14-7-11(4-5-12(14)15)18-9-10-3-2-6-17-13(10)8-16/h2-7,18H,9H2,1H3. The molecule has 0 atom stereocenters. The van der Waals surface area contributed by atoms with Crippen LogP contribution in [0.25, 0.3) is 0 Å². The number of aromatic nitrogens is 1. The van der Waals surface area contributed by atoms with Crippen molar-refractivity contribution < 1.29 is 4.74 Å². The molecule has 0 spiro atoms. The molecule has 0 radical (unpaired) electrons. The second-order valence-corrected chi connectivity index (χ2v) is 4.23. The molecule has 1 N–H and O–H groups in total. The third-order valence-corrected chi connectivity index (χ3v) is 2.94. The lowest BCUT2D eigenvalue weighted by molar-refractivity contribution is 0.415. The minimum atomic E-state index is 0.427. The van der Waals surface area contributed by atoms with E-state index in [0.717, 1.165) is 11.3 Å². The van der Waals surface area contributed by atoms with Crippen molar-refractivity contribution in [2.24, 2.45) is 0 Å². The monoisotopic (exact) mass is 273 g/mol. The molecule has 0 aliphatic carbocycles.